The Morgan fingerprint density at radius 1 is 1.44 bits per heavy atom. The second-order valence-electron chi connectivity index (χ2n) is 4.09. The van der Waals surface area contributed by atoms with Crippen LogP contribution in [0, 0.1) is 0 Å². The number of benzene rings is 1. The van der Waals surface area contributed by atoms with Crippen LogP contribution in [0.2, 0.25) is 10.0 Å². The molecular weight excluding hydrogens is 245 g/mol. The van der Waals surface area contributed by atoms with E-state index in [4.69, 9.17) is 23.2 Å². The summed E-state index contributed by atoms with van der Waals surface area (Å²) in [6.07, 6.45) is 2.19. The van der Waals surface area contributed by atoms with Crippen molar-refractivity contribution in [3.8, 4) is 0 Å². The fourth-order valence-corrected chi connectivity index (χ4v) is 2.12. The lowest BCUT2D eigenvalue weighted by Crippen LogP contribution is -2.30. The van der Waals surface area contributed by atoms with E-state index in [1.165, 1.54) is 0 Å². The summed E-state index contributed by atoms with van der Waals surface area (Å²) in [6, 6.07) is 5.91. The van der Waals surface area contributed by atoms with Crippen molar-refractivity contribution in [3.05, 3.63) is 33.8 Å². The summed E-state index contributed by atoms with van der Waals surface area (Å²) in [7, 11) is 0. The maximum absolute atomic E-state index is 11.5. The zero-order chi connectivity index (χ0) is 11.7. The van der Waals surface area contributed by atoms with Crippen LogP contribution in [0.15, 0.2) is 18.2 Å². The minimum absolute atomic E-state index is 0.0959. The molecule has 16 heavy (non-hydrogen) atoms. The molecule has 0 aliphatic heterocycles. The maximum Gasteiger partial charge on any atom is 0.219 e. The molecule has 1 aliphatic rings. The van der Waals surface area contributed by atoms with Crippen molar-refractivity contribution < 1.29 is 4.79 Å². The van der Waals surface area contributed by atoms with Crippen LogP contribution in [-0.2, 0) is 11.3 Å². The van der Waals surface area contributed by atoms with Crippen LogP contribution in [-0.4, -0.2) is 16.8 Å². The van der Waals surface area contributed by atoms with Crippen LogP contribution in [0.3, 0.4) is 0 Å². The number of rotatable bonds is 3. The first-order chi connectivity index (χ1) is 7.59. The van der Waals surface area contributed by atoms with Gasteiger partial charge in [-0.25, -0.2) is 0 Å². The van der Waals surface area contributed by atoms with Gasteiger partial charge in [0, 0.05) is 19.5 Å². The highest BCUT2D eigenvalue weighted by Gasteiger charge is 2.31. The monoisotopic (exact) mass is 257 g/mol. The Balaban J connectivity index is 2.18. The molecule has 86 valence electrons. The van der Waals surface area contributed by atoms with E-state index in [1.54, 1.807) is 13.0 Å². The van der Waals surface area contributed by atoms with Crippen LogP contribution in [0.4, 0.5) is 0 Å². The van der Waals surface area contributed by atoms with Gasteiger partial charge in [-0.2, -0.15) is 0 Å². The van der Waals surface area contributed by atoms with Crippen molar-refractivity contribution in [2.75, 3.05) is 0 Å². The molecule has 0 atom stereocenters. The summed E-state index contributed by atoms with van der Waals surface area (Å²) < 4.78 is 0. The van der Waals surface area contributed by atoms with Crippen molar-refractivity contribution >= 4 is 29.1 Å². The quantitative estimate of drug-likeness (QED) is 0.812. The molecule has 0 unspecified atom stereocenters. The molecule has 2 rings (SSSR count). The van der Waals surface area contributed by atoms with Crippen molar-refractivity contribution in [3.63, 3.8) is 0 Å². The van der Waals surface area contributed by atoms with Gasteiger partial charge in [0.2, 0.25) is 5.91 Å². The Morgan fingerprint density at radius 2 is 2.12 bits per heavy atom. The first-order valence-electron chi connectivity index (χ1n) is 5.29. The average Bonchev–Trinajstić information content (AvgIpc) is 3.03. The van der Waals surface area contributed by atoms with Crippen molar-refractivity contribution in [1.82, 2.24) is 4.90 Å². The molecule has 0 radical (unpaired) electrons. The maximum atomic E-state index is 11.5. The molecule has 1 aromatic carbocycles. The lowest BCUT2D eigenvalue weighted by molar-refractivity contribution is -0.130. The van der Waals surface area contributed by atoms with Gasteiger partial charge >= 0.3 is 0 Å². The summed E-state index contributed by atoms with van der Waals surface area (Å²) >= 11 is 12.0. The van der Waals surface area contributed by atoms with E-state index in [0.717, 1.165) is 18.4 Å². The molecule has 0 heterocycles. The minimum Gasteiger partial charge on any atom is -0.336 e. The average molecular weight is 258 g/mol. The van der Waals surface area contributed by atoms with Crippen LogP contribution in [0.5, 0.6) is 0 Å². The zero-order valence-corrected chi connectivity index (χ0v) is 10.6. The molecule has 1 amide bonds. The highest BCUT2D eigenvalue weighted by molar-refractivity contribution is 6.42. The van der Waals surface area contributed by atoms with Crippen molar-refractivity contribution in [2.24, 2.45) is 0 Å². The number of amides is 1. The molecule has 0 bridgehead atoms. The molecule has 1 aliphatic carbocycles. The van der Waals surface area contributed by atoms with E-state index in [2.05, 4.69) is 0 Å². The van der Waals surface area contributed by atoms with Gasteiger partial charge in [-0.05, 0) is 24.5 Å². The molecule has 1 fully saturated rings. The second kappa shape index (κ2) is 4.64. The summed E-state index contributed by atoms with van der Waals surface area (Å²) in [5, 5.41) is 1.09. The smallest absolute Gasteiger partial charge is 0.219 e. The van der Waals surface area contributed by atoms with Gasteiger partial charge < -0.3 is 4.90 Å². The van der Waals surface area contributed by atoms with Crippen molar-refractivity contribution in [2.45, 2.75) is 32.4 Å². The lowest BCUT2D eigenvalue weighted by atomic mass is 10.2. The molecule has 0 aromatic heterocycles. The molecule has 0 saturated heterocycles. The van der Waals surface area contributed by atoms with Crippen LogP contribution in [0.25, 0.3) is 0 Å². The first-order valence-corrected chi connectivity index (χ1v) is 6.05. The Morgan fingerprint density at radius 3 is 2.69 bits per heavy atom. The fraction of sp³-hybridized carbons (Fsp3) is 0.417. The Hall–Kier alpha value is -0.730. The number of hydrogen-bond donors (Lipinski definition) is 0. The van der Waals surface area contributed by atoms with Gasteiger partial charge in [-0.15, -0.1) is 0 Å². The Labute approximate surface area is 105 Å². The number of carbonyl (C=O) groups excluding carboxylic acids is 1. The largest absolute Gasteiger partial charge is 0.336 e. The second-order valence-corrected chi connectivity index (χ2v) is 4.88. The van der Waals surface area contributed by atoms with Gasteiger partial charge in [-0.1, -0.05) is 35.3 Å². The van der Waals surface area contributed by atoms with E-state index in [0.29, 0.717) is 22.6 Å². The van der Waals surface area contributed by atoms with Crippen molar-refractivity contribution in [1.29, 1.82) is 0 Å². The third-order valence-electron chi connectivity index (χ3n) is 2.76. The third kappa shape index (κ3) is 2.50. The van der Waals surface area contributed by atoms with Crippen LogP contribution in [0.1, 0.15) is 25.3 Å². The zero-order valence-electron chi connectivity index (χ0n) is 9.04. The number of hydrogen-bond acceptors (Lipinski definition) is 1. The first kappa shape index (κ1) is 11.7. The molecule has 4 heteroatoms. The van der Waals surface area contributed by atoms with Gasteiger partial charge in [0.15, 0.2) is 0 Å². The standard InChI is InChI=1S/C12H13Cl2NO/c1-8(16)15(10-5-6-10)7-9-3-2-4-11(13)12(9)14/h2-4,10H,5-7H2,1H3. The van der Waals surface area contributed by atoms with Gasteiger partial charge in [0.25, 0.3) is 0 Å². The van der Waals surface area contributed by atoms with Crippen LogP contribution < -0.4 is 0 Å². The summed E-state index contributed by atoms with van der Waals surface area (Å²) in [6.45, 7) is 2.15. The van der Waals surface area contributed by atoms with E-state index in [1.807, 2.05) is 17.0 Å². The lowest BCUT2D eigenvalue weighted by Gasteiger charge is -2.21. The minimum atomic E-state index is 0.0959. The number of halogens is 2. The highest BCUT2D eigenvalue weighted by atomic mass is 35.5. The Bertz CT molecular complexity index is 415. The van der Waals surface area contributed by atoms with E-state index in [9.17, 15) is 4.79 Å². The van der Waals surface area contributed by atoms with Crippen LogP contribution >= 0.6 is 23.2 Å². The SMILES string of the molecule is CC(=O)N(Cc1cccc(Cl)c1Cl)C1CC1. The topological polar surface area (TPSA) is 20.3 Å². The molecule has 1 saturated carbocycles. The predicted molar refractivity (Wildman–Crippen MR) is 65.7 cm³/mol. The van der Waals surface area contributed by atoms with E-state index >= 15 is 0 Å². The molecule has 1 aromatic rings. The number of nitrogens with zero attached hydrogens (tertiary/aromatic N) is 1. The molecule has 2 nitrogen and oxygen atoms in total. The highest BCUT2D eigenvalue weighted by Crippen LogP contribution is 2.31. The van der Waals surface area contributed by atoms with Gasteiger partial charge in [0.05, 0.1) is 10.0 Å². The molecule has 0 N–H and O–H groups in total. The van der Waals surface area contributed by atoms with Gasteiger partial charge in [0.1, 0.15) is 0 Å². The summed E-state index contributed by atoms with van der Waals surface area (Å²) in [4.78, 5) is 13.3. The normalized spacial score (nSPS) is 14.9. The molecule has 0 spiro atoms. The molecular formula is C12H13Cl2NO. The summed E-state index contributed by atoms with van der Waals surface area (Å²) in [5.41, 5.74) is 0.913. The van der Waals surface area contributed by atoms with E-state index in [-0.39, 0.29) is 5.91 Å². The van der Waals surface area contributed by atoms with E-state index < -0.39 is 0 Å². The number of carbonyl (C=O) groups is 1. The van der Waals surface area contributed by atoms with Gasteiger partial charge in [-0.3, -0.25) is 4.79 Å². The Kier molecular flexibility index (Phi) is 3.41. The third-order valence-corrected chi connectivity index (χ3v) is 3.62. The predicted octanol–water partition coefficient (Wildman–Crippen LogP) is 3.50. The summed E-state index contributed by atoms with van der Waals surface area (Å²) in [5.74, 6) is 0.0959. The fourth-order valence-electron chi connectivity index (χ4n) is 1.74.